The van der Waals surface area contributed by atoms with Crippen molar-refractivity contribution in [3.05, 3.63) is 35.6 Å². The zero-order valence-corrected chi connectivity index (χ0v) is 10.3. The molecule has 1 heterocycles. The first kappa shape index (κ1) is 11.7. The molecule has 2 rings (SSSR count). The Balaban J connectivity index is 2.53. The minimum absolute atomic E-state index is 0.585. The lowest BCUT2D eigenvalue weighted by molar-refractivity contribution is 0.415. The Bertz CT molecular complexity index is 531. The molecular weight excluding hydrogens is 238 g/mol. The van der Waals surface area contributed by atoms with Gasteiger partial charge < -0.3 is 10.1 Å². The summed E-state index contributed by atoms with van der Waals surface area (Å²) in [4.78, 5) is 8.48. The first-order valence-corrected chi connectivity index (χ1v) is 5.46. The number of halogens is 1. The molecule has 5 heteroatoms. The van der Waals surface area contributed by atoms with Crippen LogP contribution in [-0.2, 0) is 0 Å². The zero-order valence-electron chi connectivity index (χ0n) is 9.57. The van der Waals surface area contributed by atoms with Crippen LogP contribution in [0.5, 0.6) is 5.75 Å². The van der Waals surface area contributed by atoms with Crippen LogP contribution in [-0.4, -0.2) is 24.1 Å². The molecule has 0 aliphatic rings. The summed E-state index contributed by atoms with van der Waals surface area (Å²) in [6, 6.07) is 5.46. The highest BCUT2D eigenvalue weighted by atomic mass is 35.5. The van der Waals surface area contributed by atoms with Crippen molar-refractivity contribution in [2.24, 2.45) is 0 Å². The number of nitrogens with one attached hydrogen (secondary N) is 1. The molecule has 0 saturated heterocycles. The number of nitrogens with zero attached hydrogens (tertiary/aromatic N) is 2. The number of methoxy groups -OCH3 is 1. The quantitative estimate of drug-likeness (QED) is 0.909. The minimum atomic E-state index is 0.585. The monoisotopic (exact) mass is 249 g/mol. The van der Waals surface area contributed by atoms with Gasteiger partial charge in [-0.25, -0.2) is 4.98 Å². The number of hydrogen-bond acceptors (Lipinski definition) is 4. The Morgan fingerprint density at radius 2 is 2.00 bits per heavy atom. The van der Waals surface area contributed by atoms with Crippen LogP contribution in [0.4, 0.5) is 5.82 Å². The molecule has 1 aromatic carbocycles. The predicted molar refractivity (Wildman–Crippen MR) is 68.6 cm³/mol. The van der Waals surface area contributed by atoms with Crippen molar-refractivity contribution in [1.29, 1.82) is 0 Å². The molecule has 0 fully saturated rings. The van der Waals surface area contributed by atoms with Gasteiger partial charge in [0.2, 0.25) is 0 Å². The Morgan fingerprint density at radius 3 is 2.65 bits per heavy atom. The molecule has 17 heavy (non-hydrogen) atoms. The Morgan fingerprint density at radius 1 is 1.24 bits per heavy atom. The van der Waals surface area contributed by atoms with E-state index in [1.165, 1.54) is 0 Å². The molecule has 0 radical (unpaired) electrons. The van der Waals surface area contributed by atoms with E-state index in [-0.39, 0.29) is 0 Å². The third-order valence-corrected chi connectivity index (χ3v) is 2.68. The van der Waals surface area contributed by atoms with Gasteiger partial charge in [0.15, 0.2) is 5.82 Å². The molecule has 1 aromatic heterocycles. The van der Waals surface area contributed by atoms with E-state index in [0.29, 0.717) is 16.6 Å². The minimum Gasteiger partial charge on any atom is -0.497 e. The Hall–Kier alpha value is -1.81. The van der Waals surface area contributed by atoms with Crippen LogP contribution in [0.2, 0.25) is 5.02 Å². The van der Waals surface area contributed by atoms with Crippen LogP contribution in [0.15, 0.2) is 30.6 Å². The lowest BCUT2D eigenvalue weighted by Gasteiger charge is -2.09. The van der Waals surface area contributed by atoms with Crippen LogP contribution in [0.3, 0.4) is 0 Å². The highest BCUT2D eigenvalue weighted by molar-refractivity contribution is 6.33. The van der Waals surface area contributed by atoms with Gasteiger partial charge in [-0.1, -0.05) is 11.6 Å². The fraction of sp³-hybridized carbons (Fsp3) is 0.167. The normalized spacial score (nSPS) is 10.1. The average molecular weight is 250 g/mol. The van der Waals surface area contributed by atoms with Gasteiger partial charge in [-0.3, -0.25) is 4.98 Å². The van der Waals surface area contributed by atoms with E-state index >= 15 is 0 Å². The summed E-state index contributed by atoms with van der Waals surface area (Å²) in [6.07, 6.45) is 3.27. The van der Waals surface area contributed by atoms with E-state index in [9.17, 15) is 0 Å². The van der Waals surface area contributed by atoms with Crippen molar-refractivity contribution >= 4 is 17.4 Å². The van der Waals surface area contributed by atoms with E-state index in [1.807, 2.05) is 12.1 Å². The van der Waals surface area contributed by atoms with Crippen molar-refractivity contribution in [2.45, 2.75) is 0 Å². The summed E-state index contributed by atoms with van der Waals surface area (Å²) in [5, 5.41) is 3.57. The van der Waals surface area contributed by atoms with Gasteiger partial charge in [0.1, 0.15) is 11.4 Å². The van der Waals surface area contributed by atoms with Crippen LogP contribution in [0.25, 0.3) is 11.3 Å². The zero-order chi connectivity index (χ0) is 12.3. The summed E-state index contributed by atoms with van der Waals surface area (Å²) in [5.41, 5.74) is 1.55. The molecule has 0 amide bonds. The second-order valence-corrected chi connectivity index (χ2v) is 3.76. The highest BCUT2D eigenvalue weighted by Gasteiger charge is 2.10. The summed E-state index contributed by atoms with van der Waals surface area (Å²) in [5.74, 6) is 1.41. The lowest BCUT2D eigenvalue weighted by Crippen LogP contribution is -1.97. The largest absolute Gasteiger partial charge is 0.497 e. The number of anilines is 1. The molecule has 0 atom stereocenters. The SMILES string of the molecule is CNc1nccnc1-c1ccc(OC)cc1Cl. The fourth-order valence-electron chi connectivity index (χ4n) is 1.53. The molecule has 0 aliphatic carbocycles. The molecule has 88 valence electrons. The highest BCUT2D eigenvalue weighted by Crippen LogP contribution is 2.32. The Kier molecular flexibility index (Phi) is 3.44. The first-order valence-electron chi connectivity index (χ1n) is 5.09. The van der Waals surface area contributed by atoms with Crippen molar-refractivity contribution in [3.8, 4) is 17.0 Å². The van der Waals surface area contributed by atoms with Gasteiger partial charge in [0.25, 0.3) is 0 Å². The number of ether oxygens (including phenoxy) is 1. The van der Waals surface area contributed by atoms with Crippen LogP contribution in [0.1, 0.15) is 0 Å². The van der Waals surface area contributed by atoms with E-state index in [4.69, 9.17) is 16.3 Å². The molecule has 2 aromatic rings. The second-order valence-electron chi connectivity index (χ2n) is 3.35. The number of benzene rings is 1. The van der Waals surface area contributed by atoms with E-state index < -0.39 is 0 Å². The third kappa shape index (κ3) is 2.31. The van der Waals surface area contributed by atoms with Gasteiger partial charge in [-0.2, -0.15) is 0 Å². The fourth-order valence-corrected chi connectivity index (χ4v) is 1.79. The molecule has 0 aliphatic heterocycles. The van der Waals surface area contributed by atoms with Gasteiger partial charge in [-0.15, -0.1) is 0 Å². The maximum Gasteiger partial charge on any atom is 0.152 e. The van der Waals surface area contributed by atoms with Crippen molar-refractivity contribution in [2.75, 3.05) is 19.5 Å². The average Bonchev–Trinajstić information content (AvgIpc) is 2.38. The van der Waals surface area contributed by atoms with Gasteiger partial charge in [0.05, 0.1) is 12.1 Å². The molecule has 0 unspecified atom stereocenters. The maximum atomic E-state index is 6.20. The molecule has 0 saturated carbocycles. The van der Waals surface area contributed by atoms with Crippen molar-refractivity contribution < 1.29 is 4.74 Å². The van der Waals surface area contributed by atoms with E-state index in [2.05, 4.69) is 15.3 Å². The number of aromatic nitrogens is 2. The first-order chi connectivity index (χ1) is 8.26. The van der Waals surface area contributed by atoms with Gasteiger partial charge in [0, 0.05) is 25.0 Å². The van der Waals surface area contributed by atoms with Gasteiger partial charge in [-0.05, 0) is 18.2 Å². The maximum absolute atomic E-state index is 6.20. The van der Waals surface area contributed by atoms with Crippen molar-refractivity contribution in [1.82, 2.24) is 9.97 Å². The molecular formula is C12H12ClN3O. The number of hydrogen-bond donors (Lipinski definition) is 1. The standard InChI is InChI=1S/C12H12ClN3O/c1-14-12-11(15-5-6-16-12)9-4-3-8(17-2)7-10(9)13/h3-7H,1-2H3,(H,14,16). The lowest BCUT2D eigenvalue weighted by atomic mass is 10.1. The van der Waals surface area contributed by atoms with Gasteiger partial charge >= 0.3 is 0 Å². The Labute approximate surface area is 105 Å². The van der Waals surface area contributed by atoms with Crippen LogP contribution >= 0.6 is 11.6 Å². The van der Waals surface area contributed by atoms with E-state index in [0.717, 1.165) is 11.3 Å². The number of rotatable bonds is 3. The molecule has 4 nitrogen and oxygen atoms in total. The smallest absolute Gasteiger partial charge is 0.152 e. The topological polar surface area (TPSA) is 47.0 Å². The predicted octanol–water partition coefficient (Wildman–Crippen LogP) is 2.85. The summed E-state index contributed by atoms with van der Waals surface area (Å²) in [6.45, 7) is 0. The molecule has 0 bridgehead atoms. The second kappa shape index (κ2) is 5.01. The summed E-state index contributed by atoms with van der Waals surface area (Å²) >= 11 is 6.20. The van der Waals surface area contributed by atoms with Crippen LogP contribution in [0, 0.1) is 0 Å². The third-order valence-electron chi connectivity index (χ3n) is 2.37. The van der Waals surface area contributed by atoms with Crippen molar-refractivity contribution in [3.63, 3.8) is 0 Å². The van der Waals surface area contributed by atoms with Crippen LogP contribution < -0.4 is 10.1 Å². The molecule has 0 spiro atoms. The summed E-state index contributed by atoms with van der Waals surface area (Å²) < 4.78 is 5.11. The molecule has 1 N–H and O–H groups in total. The van der Waals surface area contributed by atoms with E-state index in [1.54, 1.807) is 32.6 Å². The summed E-state index contributed by atoms with van der Waals surface area (Å²) in [7, 11) is 3.40.